The van der Waals surface area contributed by atoms with Gasteiger partial charge in [0.1, 0.15) is 10.7 Å². The van der Waals surface area contributed by atoms with Crippen LogP contribution in [-0.4, -0.2) is 38.7 Å². The molecule has 1 aromatic rings. The number of piperidine rings is 1. The molecule has 110 valence electrons. The molecule has 6 nitrogen and oxygen atoms in total. The highest BCUT2D eigenvalue weighted by Crippen LogP contribution is 2.36. The molecule has 2 fully saturated rings. The third kappa shape index (κ3) is 2.65. The molecule has 0 aliphatic carbocycles. The van der Waals surface area contributed by atoms with Gasteiger partial charge in [-0.15, -0.1) is 0 Å². The molecule has 2 N–H and O–H groups in total. The van der Waals surface area contributed by atoms with E-state index in [9.17, 15) is 8.42 Å². The monoisotopic (exact) mass is 297 g/mol. The predicted molar refractivity (Wildman–Crippen MR) is 75.0 cm³/mol. The van der Waals surface area contributed by atoms with Gasteiger partial charge in [0.25, 0.3) is 0 Å². The van der Waals surface area contributed by atoms with Gasteiger partial charge in [0, 0.05) is 25.9 Å². The van der Waals surface area contributed by atoms with Crippen molar-refractivity contribution in [3.05, 3.63) is 18.3 Å². The maximum absolute atomic E-state index is 11.2. The van der Waals surface area contributed by atoms with Crippen LogP contribution in [0, 0.1) is 0 Å². The van der Waals surface area contributed by atoms with Crippen molar-refractivity contribution in [1.82, 2.24) is 4.98 Å². The van der Waals surface area contributed by atoms with Gasteiger partial charge in [0.05, 0.1) is 5.60 Å². The van der Waals surface area contributed by atoms with E-state index in [1.807, 2.05) is 0 Å². The van der Waals surface area contributed by atoms with Crippen LogP contribution in [0.3, 0.4) is 0 Å². The molecule has 3 rings (SSSR count). The molecule has 1 spiro atoms. The number of primary sulfonamides is 1. The minimum Gasteiger partial charge on any atom is -0.375 e. The van der Waals surface area contributed by atoms with E-state index < -0.39 is 10.0 Å². The van der Waals surface area contributed by atoms with Crippen LogP contribution in [0.25, 0.3) is 0 Å². The zero-order valence-corrected chi connectivity index (χ0v) is 12.1. The second-order valence-electron chi connectivity index (χ2n) is 5.52. The van der Waals surface area contributed by atoms with Gasteiger partial charge in [0.2, 0.25) is 10.0 Å². The topological polar surface area (TPSA) is 85.5 Å². The molecule has 2 aliphatic heterocycles. The molecule has 0 amide bonds. The van der Waals surface area contributed by atoms with E-state index in [0.29, 0.717) is 0 Å². The Morgan fingerprint density at radius 2 is 2.00 bits per heavy atom. The Labute approximate surface area is 119 Å². The van der Waals surface area contributed by atoms with Gasteiger partial charge in [-0.3, -0.25) is 0 Å². The molecule has 1 aromatic heterocycles. The van der Waals surface area contributed by atoms with Gasteiger partial charge in [-0.1, -0.05) is 0 Å². The molecule has 3 heterocycles. The zero-order valence-electron chi connectivity index (χ0n) is 11.3. The van der Waals surface area contributed by atoms with Crippen LogP contribution in [0.5, 0.6) is 0 Å². The predicted octanol–water partition coefficient (Wildman–Crippen LogP) is 0.878. The Balaban J connectivity index is 1.69. The van der Waals surface area contributed by atoms with E-state index in [4.69, 9.17) is 9.88 Å². The lowest BCUT2D eigenvalue weighted by Gasteiger charge is -2.39. The summed E-state index contributed by atoms with van der Waals surface area (Å²) in [5, 5.41) is 5.07. The van der Waals surface area contributed by atoms with Gasteiger partial charge >= 0.3 is 0 Å². The molecule has 20 heavy (non-hydrogen) atoms. The number of hydrogen-bond donors (Lipinski definition) is 1. The van der Waals surface area contributed by atoms with E-state index in [-0.39, 0.29) is 10.5 Å². The van der Waals surface area contributed by atoms with Crippen LogP contribution in [0.15, 0.2) is 23.2 Å². The fraction of sp³-hybridized carbons (Fsp3) is 0.615. The van der Waals surface area contributed by atoms with Crippen LogP contribution >= 0.6 is 0 Å². The number of sulfonamides is 1. The molecular weight excluding hydrogens is 278 g/mol. The first-order valence-electron chi connectivity index (χ1n) is 6.86. The molecule has 2 saturated heterocycles. The molecule has 0 atom stereocenters. The van der Waals surface area contributed by atoms with Crippen LogP contribution in [0.4, 0.5) is 5.82 Å². The maximum atomic E-state index is 11.2. The van der Waals surface area contributed by atoms with Gasteiger partial charge in [-0.05, 0) is 37.8 Å². The molecular formula is C13H19N3O3S. The summed E-state index contributed by atoms with van der Waals surface area (Å²) >= 11 is 0. The summed E-state index contributed by atoms with van der Waals surface area (Å²) in [6.07, 6.45) is 5.64. The number of rotatable bonds is 2. The first-order valence-corrected chi connectivity index (χ1v) is 8.41. The number of anilines is 1. The Hall–Kier alpha value is -1.18. The molecule has 0 unspecified atom stereocenters. The van der Waals surface area contributed by atoms with E-state index in [0.717, 1.165) is 51.2 Å². The lowest BCUT2D eigenvalue weighted by atomic mass is 9.89. The molecule has 0 saturated carbocycles. The number of hydrogen-bond acceptors (Lipinski definition) is 5. The third-order valence-electron chi connectivity index (χ3n) is 4.23. The van der Waals surface area contributed by atoms with Crippen LogP contribution in [0.2, 0.25) is 0 Å². The maximum Gasteiger partial charge on any atom is 0.239 e. The second-order valence-corrected chi connectivity index (χ2v) is 7.08. The first-order chi connectivity index (χ1) is 9.49. The molecule has 0 radical (unpaired) electrons. The summed E-state index contributed by atoms with van der Waals surface area (Å²) in [5.74, 6) is 0.797. The van der Waals surface area contributed by atoms with Crippen molar-refractivity contribution < 1.29 is 13.2 Å². The summed E-state index contributed by atoms with van der Waals surface area (Å²) in [7, 11) is -3.67. The fourth-order valence-corrected chi connectivity index (χ4v) is 3.48. The number of nitrogens with zero attached hydrogens (tertiary/aromatic N) is 2. The van der Waals surface area contributed by atoms with Crippen molar-refractivity contribution in [2.24, 2.45) is 5.14 Å². The van der Waals surface area contributed by atoms with E-state index in [1.54, 1.807) is 6.07 Å². The van der Waals surface area contributed by atoms with Gasteiger partial charge < -0.3 is 9.64 Å². The molecule has 7 heteroatoms. The highest BCUT2D eigenvalue weighted by molar-refractivity contribution is 7.89. The SMILES string of the molecule is NS(=O)(=O)c1ccc(N2CCC3(CCCO3)CC2)nc1. The normalized spacial score (nSPS) is 22.4. The van der Waals surface area contributed by atoms with Gasteiger partial charge in [-0.25, -0.2) is 18.5 Å². The summed E-state index contributed by atoms with van der Waals surface area (Å²) in [5.41, 5.74) is 0.0804. The number of aromatic nitrogens is 1. The average molecular weight is 297 g/mol. The average Bonchev–Trinajstić information content (AvgIpc) is 2.87. The molecule has 2 aliphatic rings. The Morgan fingerprint density at radius 3 is 2.50 bits per heavy atom. The van der Waals surface area contributed by atoms with E-state index in [2.05, 4.69) is 9.88 Å². The molecule has 0 bridgehead atoms. The second kappa shape index (κ2) is 4.98. The van der Waals surface area contributed by atoms with Gasteiger partial charge in [0.15, 0.2) is 0 Å². The number of nitrogens with two attached hydrogens (primary N) is 1. The lowest BCUT2D eigenvalue weighted by Crippen LogP contribution is -2.44. The Morgan fingerprint density at radius 1 is 1.25 bits per heavy atom. The number of pyridine rings is 1. The summed E-state index contributed by atoms with van der Waals surface area (Å²) < 4.78 is 28.3. The molecule has 0 aromatic carbocycles. The highest BCUT2D eigenvalue weighted by Gasteiger charge is 2.38. The summed E-state index contributed by atoms with van der Waals surface area (Å²) in [6, 6.07) is 3.22. The zero-order chi connectivity index (χ0) is 14.2. The summed E-state index contributed by atoms with van der Waals surface area (Å²) in [6.45, 7) is 2.66. The van der Waals surface area contributed by atoms with Crippen LogP contribution < -0.4 is 10.0 Å². The van der Waals surface area contributed by atoms with Crippen molar-refractivity contribution in [3.63, 3.8) is 0 Å². The van der Waals surface area contributed by atoms with Crippen molar-refractivity contribution in [2.45, 2.75) is 36.2 Å². The number of ether oxygens (including phenoxy) is 1. The first kappa shape index (κ1) is 13.8. The van der Waals surface area contributed by atoms with Crippen molar-refractivity contribution in [3.8, 4) is 0 Å². The third-order valence-corrected chi connectivity index (χ3v) is 5.13. The Kier molecular flexibility index (Phi) is 3.43. The van der Waals surface area contributed by atoms with Crippen LogP contribution in [0.1, 0.15) is 25.7 Å². The lowest BCUT2D eigenvalue weighted by molar-refractivity contribution is -0.0147. The largest absolute Gasteiger partial charge is 0.375 e. The Bertz CT molecular complexity index is 569. The minimum atomic E-state index is -3.67. The standard InChI is InChI=1S/C13H19N3O3S/c14-20(17,18)11-2-3-12(15-10-11)16-7-5-13(6-8-16)4-1-9-19-13/h2-3,10H,1,4-9H2,(H2,14,17,18). The van der Waals surface area contributed by atoms with Crippen LogP contribution in [-0.2, 0) is 14.8 Å². The van der Waals surface area contributed by atoms with Crippen molar-refractivity contribution in [2.75, 3.05) is 24.6 Å². The highest BCUT2D eigenvalue weighted by atomic mass is 32.2. The summed E-state index contributed by atoms with van der Waals surface area (Å²) in [4.78, 5) is 6.43. The fourth-order valence-electron chi connectivity index (χ4n) is 3.02. The van der Waals surface area contributed by atoms with E-state index in [1.165, 1.54) is 12.3 Å². The van der Waals surface area contributed by atoms with Gasteiger partial charge in [-0.2, -0.15) is 0 Å². The smallest absolute Gasteiger partial charge is 0.239 e. The minimum absolute atomic E-state index is 0.0499. The quantitative estimate of drug-likeness (QED) is 0.875. The van der Waals surface area contributed by atoms with Crippen molar-refractivity contribution >= 4 is 15.8 Å². The van der Waals surface area contributed by atoms with Crippen molar-refractivity contribution in [1.29, 1.82) is 0 Å². The van der Waals surface area contributed by atoms with E-state index >= 15 is 0 Å².